The van der Waals surface area contributed by atoms with Crippen LogP contribution in [0.3, 0.4) is 0 Å². The Morgan fingerprint density at radius 2 is 2.27 bits per heavy atom. The highest BCUT2D eigenvalue weighted by molar-refractivity contribution is 5.97. The van der Waals surface area contributed by atoms with E-state index in [9.17, 15) is 9.18 Å². The lowest BCUT2D eigenvalue weighted by molar-refractivity contribution is 0.101. The van der Waals surface area contributed by atoms with E-state index >= 15 is 0 Å². The van der Waals surface area contributed by atoms with E-state index in [-0.39, 0.29) is 5.78 Å². The molecule has 1 aromatic heterocycles. The summed E-state index contributed by atoms with van der Waals surface area (Å²) in [7, 11) is 0. The van der Waals surface area contributed by atoms with Gasteiger partial charge in [0.25, 0.3) is 0 Å². The van der Waals surface area contributed by atoms with E-state index in [1.807, 2.05) is 0 Å². The summed E-state index contributed by atoms with van der Waals surface area (Å²) < 4.78 is 14.4. The Kier molecular flexibility index (Phi) is 2.29. The summed E-state index contributed by atoms with van der Waals surface area (Å²) in [5.74, 6) is -0.550. The Balaban J connectivity index is 2.63. The maximum atomic E-state index is 13.0. The predicted octanol–water partition coefficient (Wildman–Crippen LogP) is 1.61. The van der Waals surface area contributed by atoms with Crippen molar-refractivity contribution in [3.63, 3.8) is 0 Å². The van der Waals surface area contributed by atoms with Crippen LogP contribution in [-0.2, 0) is 0 Å². The highest BCUT2D eigenvalue weighted by atomic mass is 19.1. The molecule has 0 amide bonds. The molecule has 5 heteroatoms. The molecule has 4 nitrogen and oxygen atoms in total. The lowest BCUT2D eigenvalue weighted by Gasteiger charge is -2.05. The third kappa shape index (κ3) is 1.76. The van der Waals surface area contributed by atoms with Gasteiger partial charge in [0.05, 0.1) is 5.69 Å². The molecule has 2 rings (SSSR count). The molecule has 15 heavy (non-hydrogen) atoms. The van der Waals surface area contributed by atoms with Gasteiger partial charge in [-0.05, 0) is 19.1 Å². The van der Waals surface area contributed by atoms with Crippen molar-refractivity contribution in [3.05, 3.63) is 42.2 Å². The van der Waals surface area contributed by atoms with Crippen LogP contribution in [0.2, 0.25) is 0 Å². The Bertz CT molecular complexity index is 493. The smallest absolute Gasteiger partial charge is 0.161 e. The third-order valence-electron chi connectivity index (χ3n) is 2.00. The number of carbonyl (C=O) groups is 1. The van der Waals surface area contributed by atoms with E-state index in [1.165, 1.54) is 42.5 Å². The Morgan fingerprint density at radius 3 is 2.87 bits per heavy atom. The van der Waals surface area contributed by atoms with E-state index in [2.05, 4.69) is 10.1 Å². The number of carbonyl (C=O) groups excluding carboxylic acids is 1. The summed E-state index contributed by atoms with van der Waals surface area (Å²) in [6.07, 6.45) is 2.75. The van der Waals surface area contributed by atoms with Crippen LogP contribution in [0, 0.1) is 5.82 Å². The van der Waals surface area contributed by atoms with E-state index in [4.69, 9.17) is 0 Å². The highest BCUT2D eigenvalue weighted by Crippen LogP contribution is 2.15. The molecule has 0 N–H and O–H groups in total. The van der Waals surface area contributed by atoms with E-state index in [1.54, 1.807) is 0 Å². The van der Waals surface area contributed by atoms with Crippen molar-refractivity contribution in [2.24, 2.45) is 0 Å². The van der Waals surface area contributed by atoms with Crippen molar-refractivity contribution < 1.29 is 9.18 Å². The number of rotatable bonds is 2. The molecule has 0 unspecified atom stereocenters. The molecule has 0 aliphatic carbocycles. The summed E-state index contributed by atoms with van der Waals surface area (Å²) >= 11 is 0. The zero-order valence-corrected chi connectivity index (χ0v) is 8.01. The molecule has 1 aromatic carbocycles. The number of nitrogens with zero attached hydrogens (tertiary/aromatic N) is 3. The number of benzene rings is 1. The molecule has 0 radical (unpaired) electrons. The lowest BCUT2D eigenvalue weighted by Crippen LogP contribution is -2.04. The maximum Gasteiger partial charge on any atom is 0.161 e. The van der Waals surface area contributed by atoms with E-state index in [0.29, 0.717) is 11.3 Å². The van der Waals surface area contributed by atoms with Crippen LogP contribution in [-0.4, -0.2) is 20.5 Å². The van der Waals surface area contributed by atoms with Gasteiger partial charge in [-0.25, -0.2) is 14.1 Å². The zero-order chi connectivity index (χ0) is 10.8. The van der Waals surface area contributed by atoms with E-state index in [0.717, 1.165) is 0 Å². The zero-order valence-electron chi connectivity index (χ0n) is 8.01. The maximum absolute atomic E-state index is 13.0. The number of hydrogen-bond donors (Lipinski definition) is 0. The molecule has 2 aromatic rings. The molecule has 76 valence electrons. The fourth-order valence-electron chi connectivity index (χ4n) is 1.32. The second kappa shape index (κ2) is 3.61. The van der Waals surface area contributed by atoms with Gasteiger partial charge in [-0.15, -0.1) is 0 Å². The quantitative estimate of drug-likeness (QED) is 0.700. The minimum atomic E-state index is -0.412. The van der Waals surface area contributed by atoms with Gasteiger partial charge >= 0.3 is 0 Å². The van der Waals surface area contributed by atoms with Gasteiger partial charge in [-0.2, -0.15) is 5.10 Å². The fourth-order valence-corrected chi connectivity index (χ4v) is 1.32. The van der Waals surface area contributed by atoms with Crippen LogP contribution < -0.4 is 0 Å². The minimum Gasteiger partial charge on any atom is -0.294 e. The molecule has 0 aliphatic heterocycles. The molecule has 1 heterocycles. The van der Waals surface area contributed by atoms with Gasteiger partial charge in [-0.1, -0.05) is 0 Å². The summed E-state index contributed by atoms with van der Waals surface area (Å²) in [4.78, 5) is 15.0. The van der Waals surface area contributed by atoms with E-state index < -0.39 is 5.82 Å². The first kappa shape index (κ1) is 9.51. The summed E-state index contributed by atoms with van der Waals surface area (Å²) in [6, 6.07) is 3.94. The monoisotopic (exact) mass is 205 g/mol. The van der Waals surface area contributed by atoms with Crippen molar-refractivity contribution >= 4 is 5.78 Å². The van der Waals surface area contributed by atoms with Crippen molar-refractivity contribution in [1.82, 2.24) is 14.8 Å². The summed E-state index contributed by atoms with van der Waals surface area (Å²) in [5.41, 5.74) is 0.821. The highest BCUT2D eigenvalue weighted by Gasteiger charge is 2.10. The molecular weight excluding hydrogens is 197 g/mol. The molecule has 0 atom stereocenters. The van der Waals surface area contributed by atoms with Gasteiger partial charge in [0, 0.05) is 11.6 Å². The molecular formula is C10H8FN3O. The number of Topliss-reactive ketones (excluding diaryl/α,β-unsaturated/α-hetero) is 1. The molecule has 0 bridgehead atoms. The molecule has 0 aliphatic rings. The van der Waals surface area contributed by atoms with Crippen LogP contribution in [0.25, 0.3) is 5.69 Å². The van der Waals surface area contributed by atoms with Crippen molar-refractivity contribution in [1.29, 1.82) is 0 Å². The van der Waals surface area contributed by atoms with Gasteiger partial charge in [-0.3, -0.25) is 4.79 Å². The third-order valence-corrected chi connectivity index (χ3v) is 2.00. The van der Waals surface area contributed by atoms with Crippen LogP contribution >= 0.6 is 0 Å². The number of aromatic nitrogens is 3. The average molecular weight is 205 g/mol. The van der Waals surface area contributed by atoms with Crippen LogP contribution in [0.15, 0.2) is 30.9 Å². The number of hydrogen-bond acceptors (Lipinski definition) is 3. The lowest BCUT2D eigenvalue weighted by atomic mass is 10.1. The number of ketones is 1. The fraction of sp³-hybridized carbons (Fsp3) is 0.100. The van der Waals surface area contributed by atoms with Crippen LogP contribution in [0.5, 0.6) is 0 Å². The van der Waals surface area contributed by atoms with Gasteiger partial charge in [0.1, 0.15) is 18.5 Å². The predicted molar refractivity (Wildman–Crippen MR) is 51.3 cm³/mol. The van der Waals surface area contributed by atoms with Crippen molar-refractivity contribution in [3.8, 4) is 5.69 Å². The first-order valence-corrected chi connectivity index (χ1v) is 4.34. The van der Waals surface area contributed by atoms with Gasteiger partial charge < -0.3 is 0 Å². The Labute approximate surface area is 85.4 Å². The topological polar surface area (TPSA) is 47.8 Å². The number of halogens is 1. The molecule has 0 saturated carbocycles. The van der Waals surface area contributed by atoms with Crippen molar-refractivity contribution in [2.75, 3.05) is 0 Å². The Hall–Kier alpha value is -2.04. The standard InChI is InChI=1S/C10H8FN3O/c1-7(15)9-3-2-8(11)4-10(9)14-6-12-5-13-14/h2-6H,1H3. The SMILES string of the molecule is CC(=O)c1ccc(F)cc1-n1cncn1. The van der Waals surface area contributed by atoms with Gasteiger partial charge in [0.2, 0.25) is 0 Å². The molecule has 0 spiro atoms. The average Bonchev–Trinajstić information content (AvgIpc) is 2.69. The first-order valence-electron chi connectivity index (χ1n) is 4.34. The second-order valence-corrected chi connectivity index (χ2v) is 3.06. The Morgan fingerprint density at radius 1 is 1.47 bits per heavy atom. The second-order valence-electron chi connectivity index (χ2n) is 3.06. The molecule has 0 fully saturated rings. The van der Waals surface area contributed by atoms with Crippen LogP contribution in [0.1, 0.15) is 17.3 Å². The molecule has 0 saturated heterocycles. The first-order chi connectivity index (χ1) is 7.18. The minimum absolute atomic E-state index is 0.138. The van der Waals surface area contributed by atoms with Crippen LogP contribution in [0.4, 0.5) is 4.39 Å². The summed E-state index contributed by atoms with van der Waals surface area (Å²) in [6.45, 7) is 1.42. The largest absolute Gasteiger partial charge is 0.294 e. The normalized spacial score (nSPS) is 10.3. The van der Waals surface area contributed by atoms with Gasteiger partial charge in [0.15, 0.2) is 5.78 Å². The summed E-state index contributed by atoms with van der Waals surface area (Å²) in [5, 5.41) is 3.86. The van der Waals surface area contributed by atoms with Crippen molar-refractivity contribution in [2.45, 2.75) is 6.92 Å².